The fourth-order valence-electron chi connectivity index (χ4n) is 3.14. The van der Waals surface area contributed by atoms with Gasteiger partial charge in [-0.3, -0.25) is 38.8 Å². The number of pyridine rings is 2. The van der Waals surface area contributed by atoms with Crippen molar-refractivity contribution in [3.8, 4) is 37.0 Å². The molecular formula is C47H89N13O8S8. The van der Waals surface area contributed by atoms with Crippen molar-refractivity contribution in [2.75, 3.05) is 107 Å². The number of carbonyl (C=O) groups excluding carboxylic acids is 4. The molecule has 0 saturated carbocycles. The van der Waals surface area contributed by atoms with Gasteiger partial charge in [-0.1, -0.05) is 86.9 Å². The first-order chi connectivity index (χ1) is 36.6. The first-order valence-corrected chi connectivity index (χ1v) is 30.7. The number of aliphatic hydroxyl groups excluding tert-OH is 2. The fourth-order valence-corrected chi connectivity index (χ4v) is 7.17. The van der Waals surface area contributed by atoms with E-state index >= 15 is 0 Å². The Kier molecular flexibility index (Phi) is 92.9. The van der Waals surface area contributed by atoms with Gasteiger partial charge in [0.15, 0.2) is 0 Å². The van der Waals surface area contributed by atoms with Gasteiger partial charge in [0.25, 0.3) is 0 Å². The molecule has 0 radical (unpaired) electrons. The summed E-state index contributed by atoms with van der Waals surface area (Å²) in [6.07, 6.45) is 19.1. The highest BCUT2D eigenvalue weighted by Crippen LogP contribution is 2.25. The predicted octanol–water partition coefficient (Wildman–Crippen LogP) is 0.810. The maximum Gasteiger partial charge on any atom is 0.248 e. The van der Waals surface area contributed by atoms with Gasteiger partial charge in [0.05, 0.1) is 43.2 Å². The summed E-state index contributed by atoms with van der Waals surface area (Å²) < 4.78 is 0. The Hall–Kier alpha value is -2.78. The summed E-state index contributed by atoms with van der Waals surface area (Å²) in [7, 11) is 6.90. The number of nitrogens with zero attached hydrogens (tertiary/aromatic N) is 2. The van der Waals surface area contributed by atoms with E-state index in [4.69, 9.17) is 57.6 Å². The molecule has 0 aliphatic heterocycles. The quantitative estimate of drug-likeness (QED) is 0.0184. The van der Waals surface area contributed by atoms with Crippen molar-refractivity contribution < 1.29 is 39.1 Å². The number of amides is 4. The summed E-state index contributed by atoms with van der Waals surface area (Å²) in [6.45, 7) is 8.07. The molecule has 76 heavy (non-hydrogen) atoms. The minimum atomic E-state index is -0.664. The Morgan fingerprint density at radius 3 is 1.26 bits per heavy atom. The molecule has 0 fully saturated rings. The number of thiol groups is 4. The van der Waals surface area contributed by atoms with Crippen molar-refractivity contribution in [1.82, 2.24) is 31.2 Å². The lowest BCUT2D eigenvalue weighted by Crippen LogP contribution is -2.30. The van der Waals surface area contributed by atoms with Gasteiger partial charge in [0.2, 0.25) is 23.6 Å². The molecule has 2 aromatic heterocycles. The Morgan fingerprint density at radius 1 is 0.605 bits per heavy atom. The van der Waals surface area contributed by atoms with Crippen molar-refractivity contribution in [2.45, 2.75) is 63.2 Å². The van der Waals surface area contributed by atoms with E-state index < -0.39 is 12.2 Å². The van der Waals surface area contributed by atoms with Gasteiger partial charge in [-0.15, -0.1) is 19.3 Å². The second-order valence-corrected chi connectivity index (χ2v) is 19.9. The minimum Gasteiger partial charge on any atom is -0.390 e. The molecule has 29 heteroatoms. The maximum atomic E-state index is 11.1. The summed E-state index contributed by atoms with van der Waals surface area (Å²) >= 11 is 15.3. The molecule has 0 aliphatic carbocycles. The molecule has 2 atom stereocenters. The van der Waals surface area contributed by atoms with Crippen molar-refractivity contribution in [1.29, 1.82) is 0 Å². The molecule has 0 unspecified atom stereocenters. The van der Waals surface area contributed by atoms with E-state index in [-0.39, 0.29) is 43.4 Å². The van der Waals surface area contributed by atoms with Crippen LogP contribution in [-0.2, 0) is 40.4 Å². The summed E-state index contributed by atoms with van der Waals surface area (Å²) in [4.78, 5) is 59.6. The number of hydrogen-bond acceptors (Lipinski definition) is 25. The Bertz CT molecular complexity index is 1530. The van der Waals surface area contributed by atoms with Crippen LogP contribution in [0.1, 0.15) is 50.9 Å². The highest BCUT2D eigenvalue weighted by molar-refractivity contribution is 8.76. The van der Waals surface area contributed by atoms with E-state index in [9.17, 15) is 19.2 Å². The zero-order valence-corrected chi connectivity index (χ0v) is 50.8. The molecular weight excluding hydrogens is 1130 g/mol. The van der Waals surface area contributed by atoms with Gasteiger partial charge in [-0.2, -0.15) is 50.5 Å². The maximum absolute atomic E-state index is 11.1. The zero-order chi connectivity index (χ0) is 59.1. The van der Waals surface area contributed by atoms with Gasteiger partial charge >= 0.3 is 0 Å². The molecule has 20 N–H and O–H groups in total. The van der Waals surface area contributed by atoms with Crippen LogP contribution in [0.15, 0.2) is 48.8 Å². The molecule has 4 amide bonds. The molecule has 0 bridgehead atoms. The number of nitrogens with one attached hydrogen (secondary N) is 4. The van der Waals surface area contributed by atoms with E-state index in [2.05, 4.69) is 128 Å². The average Bonchev–Trinajstić information content (AvgIpc) is 3.45. The molecule has 2 heterocycles. The lowest BCUT2D eigenvalue weighted by Gasteiger charge is -2.11. The SMILES string of the molecule is C#CCN.C#CCNC(=O)CCN.C#CCNC(=O)CON.CCCN.CC[C@@H](O)[C@H](O)CS.NCCC(=O)NCCSSCc1ccccn1.NCCS.NOCC(=O)NCCSSCc1ccccn1.SCCS. The highest BCUT2D eigenvalue weighted by Gasteiger charge is 2.10. The third kappa shape index (κ3) is 87.9. The van der Waals surface area contributed by atoms with Crippen LogP contribution in [0.5, 0.6) is 0 Å². The molecule has 2 aromatic rings. The average molecular weight is 1220 g/mol. The first-order valence-electron chi connectivity index (χ1n) is 23.2. The van der Waals surface area contributed by atoms with E-state index in [0.717, 1.165) is 64.6 Å². The molecule has 21 nitrogen and oxygen atoms in total. The van der Waals surface area contributed by atoms with Crippen molar-refractivity contribution in [2.24, 2.45) is 40.5 Å². The minimum absolute atomic E-state index is 0.0304. The zero-order valence-electron chi connectivity index (χ0n) is 44.0. The van der Waals surface area contributed by atoms with E-state index in [0.29, 0.717) is 70.8 Å². The second-order valence-electron chi connectivity index (χ2n) is 13.1. The largest absolute Gasteiger partial charge is 0.390 e. The number of nitrogens with two attached hydrogens (primary N) is 7. The summed E-state index contributed by atoms with van der Waals surface area (Å²) in [5.41, 5.74) is 27.3. The number of rotatable bonds is 28. The van der Waals surface area contributed by atoms with Gasteiger partial charge < -0.3 is 60.1 Å². The van der Waals surface area contributed by atoms with Crippen molar-refractivity contribution in [3.63, 3.8) is 0 Å². The number of terminal acetylenes is 3. The predicted molar refractivity (Wildman–Crippen MR) is 337 cm³/mol. The first kappa shape index (κ1) is 87.1. The third-order valence-corrected chi connectivity index (χ3v) is 12.7. The van der Waals surface area contributed by atoms with Gasteiger partial charge in [0.1, 0.15) is 13.2 Å². The summed E-state index contributed by atoms with van der Waals surface area (Å²) in [6, 6.07) is 11.8. The van der Waals surface area contributed by atoms with Gasteiger partial charge in [-0.05, 0) is 55.2 Å². The monoisotopic (exact) mass is 1220 g/mol. The topological polar surface area (TPSA) is 383 Å². The van der Waals surface area contributed by atoms with E-state index in [1.54, 1.807) is 55.6 Å². The van der Waals surface area contributed by atoms with Gasteiger partial charge in [-0.25, -0.2) is 11.8 Å². The summed E-state index contributed by atoms with van der Waals surface area (Å²) in [5.74, 6) is 21.9. The molecule has 0 aromatic carbocycles. The number of carbonyl (C=O) groups is 4. The number of hydrogen-bond donors (Lipinski definition) is 17. The molecule has 0 aliphatic rings. The smallest absolute Gasteiger partial charge is 0.248 e. The van der Waals surface area contributed by atoms with Crippen LogP contribution in [-0.4, -0.2) is 163 Å². The Morgan fingerprint density at radius 2 is 0.987 bits per heavy atom. The lowest BCUT2D eigenvalue weighted by molar-refractivity contribution is -0.126. The van der Waals surface area contributed by atoms with Crippen LogP contribution < -0.4 is 61.7 Å². The number of aromatic nitrogens is 2. The van der Waals surface area contributed by atoms with Gasteiger partial charge in [0, 0.05) is 92.5 Å². The van der Waals surface area contributed by atoms with Crippen LogP contribution in [0.2, 0.25) is 0 Å². The van der Waals surface area contributed by atoms with Crippen LogP contribution in [0, 0.1) is 37.0 Å². The van der Waals surface area contributed by atoms with E-state index in [1.807, 2.05) is 43.3 Å². The fraction of sp³-hybridized carbons (Fsp3) is 0.574. The van der Waals surface area contributed by atoms with E-state index in [1.165, 1.54) is 0 Å². The Labute approximate surface area is 491 Å². The van der Waals surface area contributed by atoms with Crippen LogP contribution in [0.3, 0.4) is 0 Å². The van der Waals surface area contributed by atoms with Crippen molar-refractivity contribution in [3.05, 3.63) is 60.2 Å². The molecule has 438 valence electrons. The normalized spacial score (nSPS) is 9.79. The summed E-state index contributed by atoms with van der Waals surface area (Å²) in [5, 5.41) is 28.0. The highest BCUT2D eigenvalue weighted by atomic mass is 33.1. The molecule has 0 spiro atoms. The molecule has 0 saturated heterocycles. The third-order valence-electron chi connectivity index (χ3n) is 6.68. The molecule has 2 rings (SSSR count). The Balaban J connectivity index is -0.000000150. The lowest BCUT2D eigenvalue weighted by atomic mass is 10.2. The number of aliphatic hydroxyl groups is 2. The van der Waals surface area contributed by atoms with Crippen LogP contribution in [0.25, 0.3) is 0 Å². The van der Waals surface area contributed by atoms with Crippen LogP contribution in [0.4, 0.5) is 0 Å². The second kappa shape index (κ2) is 81.1. The van der Waals surface area contributed by atoms with Crippen molar-refractivity contribution >= 4 is 117 Å². The van der Waals surface area contributed by atoms with Crippen LogP contribution >= 0.6 is 93.7 Å². The standard InChI is InChI=1S/C11H17N3OS2.C10H15N3O2S2.C6H10N2O.C5H8N2O2.C5H12O2S.C3H9N.C3H5N.C2H7NS.C2H6S2/c12-5-4-11(15)14-7-8-16-17-9-10-3-1-2-6-13-10;11-15-7-10(14)13-5-6-16-17-8-9-3-1-2-4-12-9;1-2-5-8-6(9)3-4-7;1-2-3-7-5(8)4-9-6;1-2-4(6)5(7)3-8;2*1-2-3-4;2*3-1-2-4/h1-3,6H,4-5,7-9,12H2,(H,14,15);1-4H,5-8,11H2,(H,13,14);1H,3-5,7H2,(H,8,9);1H,3-4,6H2,(H,7,8);4-8H,2-3H2,1H3;2-4H2,1H3;1H,3-4H2;4H,1-3H2;3-4H,1-2H2/t;;;;4-,5-;;;;/m....1..../s1.